The highest BCUT2D eigenvalue weighted by Gasteiger charge is 2.18. The predicted octanol–water partition coefficient (Wildman–Crippen LogP) is 10.8. The lowest BCUT2D eigenvalue weighted by atomic mass is 9.94. The van der Waals surface area contributed by atoms with Gasteiger partial charge in [0.2, 0.25) is 5.28 Å². The van der Waals surface area contributed by atoms with Gasteiger partial charge < -0.3 is 4.42 Å². The lowest BCUT2D eigenvalue weighted by Gasteiger charge is -2.11. The van der Waals surface area contributed by atoms with E-state index in [0.717, 1.165) is 49.7 Å². The lowest BCUT2D eigenvalue weighted by Crippen LogP contribution is -1.97. The maximum Gasteiger partial charge on any atom is 0.226 e. The fourth-order valence-electron chi connectivity index (χ4n) is 5.84. The van der Waals surface area contributed by atoms with E-state index in [2.05, 4.69) is 107 Å². The SMILES string of the molecule is Clc1nc(-c2ccc(-c3ccccc3-c3ccccc3)cc2)nc(-c2cccc3c2oc2c(-c4ccccc4)cccc23)n1. The van der Waals surface area contributed by atoms with Crippen LogP contribution in [0.4, 0.5) is 0 Å². The number of aromatic nitrogens is 3. The Bertz CT molecular complexity index is 2280. The highest BCUT2D eigenvalue weighted by molar-refractivity contribution is 6.28. The van der Waals surface area contributed by atoms with Gasteiger partial charge in [-0.1, -0.05) is 140 Å². The van der Waals surface area contributed by atoms with E-state index in [0.29, 0.717) is 17.2 Å². The molecule has 0 aliphatic carbocycles. The van der Waals surface area contributed by atoms with Crippen molar-refractivity contribution in [2.75, 3.05) is 0 Å². The normalized spacial score (nSPS) is 11.3. The van der Waals surface area contributed by atoms with E-state index in [-0.39, 0.29) is 5.28 Å². The molecule has 208 valence electrons. The van der Waals surface area contributed by atoms with Gasteiger partial charge in [0.15, 0.2) is 11.6 Å². The molecular formula is C39H24ClN3O. The van der Waals surface area contributed by atoms with E-state index < -0.39 is 0 Å². The summed E-state index contributed by atoms with van der Waals surface area (Å²) in [6.45, 7) is 0. The Morgan fingerprint density at radius 2 is 0.818 bits per heavy atom. The Hall–Kier alpha value is -5.58. The molecule has 2 heterocycles. The fraction of sp³-hybridized carbons (Fsp3) is 0. The molecule has 44 heavy (non-hydrogen) atoms. The number of furan rings is 1. The van der Waals surface area contributed by atoms with Crippen LogP contribution in [0.5, 0.6) is 0 Å². The van der Waals surface area contributed by atoms with E-state index in [4.69, 9.17) is 21.0 Å². The van der Waals surface area contributed by atoms with Crippen LogP contribution < -0.4 is 0 Å². The van der Waals surface area contributed by atoms with Crippen molar-refractivity contribution in [3.8, 4) is 56.2 Å². The number of nitrogens with zero attached hydrogens (tertiary/aromatic N) is 3. The Labute approximate surface area is 259 Å². The van der Waals surface area contributed by atoms with Crippen LogP contribution in [0.25, 0.3) is 78.1 Å². The van der Waals surface area contributed by atoms with Crippen LogP contribution in [0.2, 0.25) is 5.28 Å². The summed E-state index contributed by atoms with van der Waals surface area (Å²) in [4.78, 5) is 13.9. The quantitative estimate of drug-likeness (QED) is 0.201. The second-order valence-electron chi connectivity index (χ2n) is 10.6. The second-order valence-corrected chi connectivity index (χ2v) is 10.9. The monoisotopic (exact) mass is 585 g/mol. The largest absolute Gasteiger partial charge is 0.455 e. The summed E-state index contributed by atoms with van der Waals surface area (Å²) in [5.74, 6) is 0.963. The van der Waals surface area contributed by atoms with Crippen molar-refractivity contribution >= 4 is 33.5 Å². The number of halogens is 1. The highest BCUT2D eigenvalue weighted by atomic mass is 35.5. The van der Waals surface area contributed by atoms with Gasteiger partial charge in [-0.05, 0) is 45.5 Å². The molecule has 0 amide bonds. The van der Waals surface area contributed by atoms with Crippen LogP contribution in [-0.4, -0.2) is 15.0 Å². The van der Waals surface area contributed by atoms with Crippen molar-refractivity contribution in [3.63, 3.8) is 0 Å². The molecule has 0 saturated heterocycles. The van der Waals surface area contributed by atoms with Crippen LogP contribution in [0, 0.1) is 0 Å². The molecule has 0 bridgehead atoms. The molecule has 2 aromatic heterocycles. The van der Waals surface area contributed by atoms with Gasteiger partial charge in [-0.25, -0.2) is 4.98 Å². The molecule has 0 spiro atoms. The summed E-state index contributed by atoms with van der Waals surface area (Å²) in [5, 5.41) is 2.16. The van der Waals surface area contributed by atoms with Crippen molar-refractivity contribution in [1.82, 2.24) is 15.0 Å². The molecule has 0 fully saturated rings. The molecule has 8 rings (SSSR count). The standard InChI is InChI=1S/C39H24ClN3O/c40-39-42-37(28-23-21-27(22-24-28)30-16-8-7-15-29(30)25-11-3-1-4-12-25)41-38(43-39)34-20-10-19-33-32-18-9-17-31(35(32)44-36(33)34)26-13-5-2-6-14-26/h1-24H. The van der Waals surface area contributed by atoms with Gasteiger partial charge in [-0.15, -0.1) is 0 Å². The minimum Gasteiger partial charge on any atom is -0.455 e. The molecule has 0 N–H and O–H groups in total. The summed E-state index contributed by atoms with van der Waals surface area (Å²) in [6.07, 6.45) is 0. The van der Waals surface area contributed by atoms with Crippen LogP contribution in [-0.2, 0) is 0 Å². The molecule has 4 nitrogen and oxygen atoms in total. The zero-order valence-electron chi connectivity index (χ0n) is 23.5. The third-order valence-corrected chi connectivity index (χ3v) is 8.09. The Balaban J connectivity index is 1.20. The Morgan fingerprint density at radius 1 is 0.364 bits per heavy atom. The van der Waals surface area contributed by atoms with E-state index in [9.17, 15) is 0 Å². The minimum absolute atomic E-state index is 0.126. The first-order chi connectivity index (χ1) is 21.7. The smallest absolute Gasteiger partial charge is 0.226 e. The molecule has 8 aromatic rings. The molecular weight excluding hydrogens is 562 g/mol. The molecule has 0 radical (unpaired) electrons. The topological polar surface area (TPSA) is 51.8 Å². The van der Waals surface area contributed by atoms with Crippen LogP contribution in [0.3, 0.4) is 0 Å². The third kappa shape index (κ3) is 4.62. The molecule has 0 aliphatic heterocycles. The first kappa shape index (κ1) is 26.1. The van der Waals surface area contributed by atoms with Crippen molar-refractivity contribution in [2.24, 2.45) is 0 Å². The lowest BCUT2D eigenvalue weighted by molar-refractivity contribution is 0.670. The molecule has 0 atom stereocenters. The third-order valence-electron chi connectivity index (χ3n) is 7.92. The predicted molar refractivity (Wildman–Crippen MR) is 179 cm³/mol. The summed E-state index contributed by atoms with van der Waals surface area (Å²) < 4.78 is 6.58. The fourth-order valence-corrected chi connectivity index (χ4v) is 6.00. The Kier molecular flexibility index (Phi) is 6.47. The molecule has 0 unspecified atom stereocenters. The highest BCUT2D eigenvalue weighted by Crippen LogP contribution is 2.39. The summed E-state index contributed by atoms with van der Waals surface area (Å²) in [5.41, 5.74) is 9.90. The molecule has 5 heteroatoms. The number of hydrogen-bond acceptors (Lipinski definition) is 4. The molecule has 6 aromatic carbocycles. The zero-order chi connectivity index (χ0) is 29.5. The van der Waals surface area contributed by atoms with Gasteiger partial charge in [0.1, 0.15) is 11.2 Å². The number of hydrogen-bond donors (Lipinski definition) is 0. The number of para-hydroxylation sites is 2. The van der Waals surface area contributed by atoms with Gasteiger partial charge >= 0.3 is 0 Å². The average Bonchev–Trinajstić information content (AvgIpc) is 3.48. The van der Waals surface area contributed by atoms with Crippen molar-refractivity contribution in [3.05, 3.63) is 151 Å². The van der Waals surface area contributed by atoms with Crippen LogP contribution in [0.15, 0.2) is 150 Å². The first-order valence-corrected chi connectivity index (χ1v) is 14.8. The van der Waals surface area contributed by atoms with Gasteiger partial charge in [-0.2, -0.15) is 9.97 Å². The summed E-state index contributed by atoms with van der Waals surface area (Å²) in [7, 11) is 0. The number of fused-ring (bicyclic) bond motifs is 3. The van der Waals surface area contributed by atoms with E-state index >= 15 is 0 Å². The number of rotatable bonds is 5. The van der Waals surface area contributed by atoms with Gasteiger partial charge in [0.05, 0.1) is 5.56 Å². The molecule has 0 saturated carbocycles. The van der Waals surface area contributed by atoms with E-state index in [1.54, 1.807) is 0 Å². The molecule has 0 aliphatic rings. The van der Waals surface area contributed by atoms with Gasteiger partial charge in [-0.3, -0.25) is 0 Å². The minimum atomic E-state index is 0.126. The van der Waals surface area contributed by atoms with Crippen molar-refractivity contribution in [2.45, 2.75) is 0 Å². The number of benzene rings is 6. The maximum absolute atomic E-state index is 6.58. The summed E-state index contributed by atoms with van der Waals surface area (Å²) >= 11 is 6.51. The second kappa shape index (κ2) is 10.9. The van der Waals surface area contributed by atoms with Gasteiger partial charge in [0.25, 0.3) is 0 Å². The first-order valence-electron chi connectivity index (χ1n) is 14.4. The van der Waals surface area contributed by atoms with Crippen molar-refractivity contribution in [1.29, 1.82) is 0 Å². The Morgan fingerprint density at radius 3 is 1.45 bits per heavy atom. The van der Waals surface area contributed by atoms with Crippen molar-refractivity contribution < 1.29 is 4.42 Å². The zero-order valence-corrected chi connectivity index (χ0v) is 24.2. The average molecular weight is 586 g/mol. The summed E-state index contributed by atoms with van der Waals surface area (Å²) in [6, 6.07) is 49.6. The van der Waals surface area contributed by atoms with E-state index in [1.807, 2.05) is 48.5 Å². The maximum atomic E-state index is 6.58. The van der Waals surface area contributed by atoms with E-state index in [1.165, 1.54) is 11.1 Å². The van der Waals surface area contributed by atoms with Crippen LogP contribution in [0.1, 0.15) is 0 Å². The van der Waals surface area contributed by atoms with Gasteiger partial charge in [0, 0.05) is 21.9 Å². The van der Waals surface area contributed by atoms with Crippen LogP contribution >= 0.6 is 11.6 Å².